The van der Waals surface area contributed by atoms with Gasteiger partial charge in [0.2, 0.25) is 0 Å². The van der Waals surface area contributed by atoms with Gasteiger partial charge in [-0.3, -0.25) is 0 Å². The van der Waals surface area contributed by atoms with Crippen LogP contribution in [0.25, 0.3) is 5.69 Å². The van der Waals surface area contributed by atoms with Gasteiger partial charge in [0, 0.05) is 0 Å². The summed E-state index contributed by atoms with van der Waals surface area (Å²) in [6.45, 7) is -0.0398. The Balaban J connectivity index is 2.39. The molecular weight excluding hydrogens is 222 g/mol. The van der Waals surface area contributed by atoms with Crippen molar-refractivity contribution in [3.63, 3.8) is 0 Å². The summed E-state index contributed by atoms with van der Waals surface area (Å²) >= 11 is 0. The maximum absolute atomic E-state index is 10.8. The molecule has 0 spiro atoms. The Labute approximate surface area is 96.9 Å². The first kappa shape index (κ1) is 11.2. The average Bonchev–Trinajstić information content (AvgIpc) is 2.71. The van der Waals surface area contributed by atoms with E-state index in [0.29, 0.717) is 5.69 Å². The number of benzene rings is 1. The van der Waals surface area contributed by atoms with Crippen LogP contribution in [0.1, 0.15) is 16.1 Å². The van der Waals surface area contributed by atoms with Crippen LogP contribution in [0.4, 0.5) is 5.69 Å². The molecule has 0 radical (unpaired) electrons. The molecule has 1 aromatic carbocycles. The van der Waals surface area contributed by atoms with Crippen LogP contribution in [0.5, 0.6) is 0 Å². The largest absolute Gasteiger partial charge is 0.476 e. The highest BCUT2D eigenvalue weighted by atomic mass is 16.4. The van der Waals surface area contributed by atoms with E-state index in [9.17, 15) is 4.79 Å². The second kappa shape index (κ2) is 4.26. The lowest BCUT2D eigenvalue weighted by atomic mass is 10.2. The number of hydrogen-bond acceptors (Lipinski definition) is 4. The molecule has 2 aromatic rings. The van der Waals surface area contributed by atoms with Gasteiger partial charge in [0.15, 0.2) is 5.69 Å². The number of rotatable bonds is 3. The fraction of sp³-hybridized carbons (Fsp3) is 0.0909. The Bertz CT molecular complexity index is 546. The zero-order chi connectivity index (χ0) is 12.4. The molecule has 1 aromatic heterocycles. The maximum Gasteiger partial charge on any atom is 0.358 e. The molecule has 0 aliphatic rings. The van der Waals surface area contributed by atoms with Gasteiger partial charge in [0.1, 0.15) is 0 Å². The number of nitrogens with two attached hydrogens (primary N) is 1. The Kier molecular flexibility index (Phi) is 2.80. The number of aliphatic hydroxyl groups excluding tert-OH is 1. The SMILES string of the molecule is Nc1cn(-c2ccc(CO)cc2)nc1C(=O)O. The molecule has 88 valence electrons. The topological polar surface area (TPSA) is 101 Å². The summed E-state index contributed by atoms with van der Waals surface area (Å²) in [5.41, 5.74) is 6.93. The maximum atomic E-state index is 10.8. The van der Waals surface area contributed by atoms with Crippen molar-refractivity contribution in [1.82, 2.24) is 9.78 Å². The van der Waals surface area contributed by atoms with Crippen molar-refractivity contribution >= 4 is 11.7 Å². The highest BCUT2D eigenvalue weighted by Gasteiger charge is 2.13. The summed E-state index contributed by atoms with van der Waals surface area (Å²) in [6, 6.07) is 6.91. The Morgan fingerprint density at radius 2 is 2.00 bits per heavy atom. The number of anilines is 1. The van der Waals surface area contributed by atoms with Crippen molar-refractivity contribution < 1.29 is 15.0 Å². The van der Waals surface area contributed by atoms with Crippen LogP contribution in [-0.2, 0) is 6.61 Å². The third-order valence-electron chi connectivity index (χ3n) is 2.33. The van der Waals surface area contributed by atoms with Gasteiger partial charge in [0.05, 0.1) is 24.2 Å². The zero-order valence-corrected chi connectivity index (χ0v) is 8.87. The van der Waals surface area contributed by atoms with E-state index in [1.807, 2.05) is 0 Å². The van der Waals surface area contributed by atoms with Gasteiger partial charge in [-0.15, -0.1) is 0 Å². The van der Waals surface area contributed by atoms with Crippen molar-refractivity contribution in [3.8, 4) is 5.69 Å². The number of aromatic nitrogens is 2. The minimum atomic E-state index is -1.16. The zero-order valence-electron chi connectivity index (χ0n) is 8.87. The van der Waals surface area contributed by atoms with E-state index in [0.717, 1.165) is 5.56 Å². The molecule has 0 aliphatic carbocycles. The van der Waals surface area contributed by atoms with E-state index in [4.69, 9.17) is 15.9 Å². The van der Waals surface area contributed by atoms with E-state index in [1.165, 1.54) is 10.9 Å². The highest BCUT2D eigenvalue weighted by Crippen LogP contribution is 2.14. The van der Waals surface area contributed by atoms with Gasteiger partial charge in [0.25, 0.3) is 0 Å². The van der Waals surface area contributed by atoms with E-state index in [2.05, 4.69) is 5.10 Å². The predicted octanol–water partition coefficient (Wildman–Crippen LogP) is 0.645. The molecule has 17 heavy (non-hydrogen) atoms. The van der Waals surface area contributed by atoms with Crippen molar-refractivity contribution in [1.29, 1.82) is 0 Å². The standard InChI is InChI=1S/C11H11N3O3/c12-9-5-14(13-10(9)11(16)17)8-3-1-7(6-15)2-4-8/h1-5,15H,6,12H2,(H,16,17). The van der Waals surface area contributed by atoms with E-state index < -0.39 is 5.97 Å². The summed E-state index contributed by atoms with van der Waals surface area (Å²) in [5.74, 6) is -1.16. The fourth-order valence-electron chi connectivity index (χ4n) is 1.44. The van der Waals surface area contributed by atoms with Crippen LogP contribution >= 0.6 is 0 Å². The van der Waals surface area contributed by atoms with E-state index in [-0.39, 0.29) is 18.0 Å². The summed E-state index contributed by atoms with van der Waals surface area (Å²) in [4.78, 5) is 10.8. The molecule has 1 heterocycles. The number of carboxylic acids is 1. The Morgan fingerprint density at radius 3 is 2.47 bits per heavy atom. The van der Waals surface area contributed by atoms with Crippen LogP contribution in [-0.4, -0.2) is 26.0 Å². The van der Waals surface area contributed by atoms with E-state index >= 15 is 0 Å². The Morgan fingerprint density at radius 1 is 1.35 bits per heavy atom. The van der Waals surface area contributed by atoms with E-state index in [1.54, 1.807) is 24.3 Å². The van der Waals surface area contributed by atoms with Crippen LogP contribution in [0.2, 0.25) is 0 Å². The first-order valence-electron chi connectivity index (χ1n) is 4.90. The molecule has 6 nitrogen and oxygen atoms in total. The van der Waals surface area contributed by atoms with Gasteiger partial charge in [-0.05, 0) is 17.7 Å². The fourth-order valence-corrected chi connectivity index (χ4v) is 1.44. The minimum Gasteiger partial charge on any atom is -0.476 e. The summed E-state index contributed by atoms with van der Waals surface area (Å²) in [7, 11) is 0. The molecule has 0 aliphatic heterocycles. The third kappa shape index (κ3) is 2.11. The van der Waals surface area contributed by atoms with Gasteiger partial charge < -0.3 is 15.9 Å². The first-order chi connectivity index (χ1) is 8.11. The van der Waals surface area contributed by atoms with Crippen molar-refractivity contribution in [2.24, 2.45) is 0 Å². The van der Waals surface area contributed by atoms with Gasteiger partial charge >= 0.3 is 5.97 Å². The number of aliphatic hydroxyl groups is 1. The van der Waals surface area contributed by atoms with Crippen LogP contribution in [0, 0.1) is 0 Å². The number of carbonyl (C=O) groups is 1. The average molecular weight is 233 g/mol. The van der Waals surface area contributed by atoms with Gasteiger partial charge in [-0.1, -0.05) is 12.1 Å². The summed E-state index contributed by atoms with van der Waals surface area (Å²) < 4.78 is 1.39. The molecule has 0 unspecified atom stereocenters. The second-order valence-corrected chi connectivity index (χ2v) is 3.51. The quantitative estimate of drug-likeness (QED) is 0.722. The molecule has 4 N–H and O–H groups in total. The summed E-state index contributed by atoms with van der Waals surface area (Å²) in [6.07, 6.45) is 1.44. The second-order valence-electron chi connectivity index (χ2n) is 3.51. The Hall–Kier alpha value is -2.34. The number of nitrogens with zero attached hydrogens (tertiary/aromatic N) is 2. The molecule has 0 saturated heterocycles. The molecule has 0 saturated carbocycles. The number of nitrogen functional groups attached to an aromatic ring is 1. The molecule has 0 bridgehead atoms. The van der Waals surface area contributed by atoms with Gasteiger partial charge in [-0.2, -0.15) is 5.10 Å². The molecule has 0 amide bonds. The van der Waals surface area contributed by atoms with Crippen molar-refractivity contribution in [2.75, 3.05) is 5.73 Å². The minimum absolute atomic E-state index is 0.0398. The van der Waals surface area contributed by atoms with Crippen LogP contribution in [0.3, 0.4) is 0 Å². The van der Waals surface area contributed by atoms with Gasteiger partial charge in [-0.25, -0.2) is 9.48 Å². The molecular formula is C11H11N3O3. The molecule has 0 fully saturated rings. The predicted molar refractivity (Wildman–Crippen MR) is 60.9 cm³/mol. The number of carboxylic acid groups (broad SMARTS) is 1. The smallest absolute Gasteiger partial charge is 0.358 e. The lowest BCUT2D eigenvalue weighted by molar-refractivity contribution is 0.0691. The van der Waals surface area contributed by atoms with Crippen LogP contribution in [0.15, 0.2) is 30.5 Å². The monoisotopic (exact) mass is 233 g/mol. The lowest BCUT2D eigenvalue weighted by Gasteiger charge is -2.01. The number of aromatic carboxylic acids is 1. The normalized spacial score (nSPS) is 10.4. The molecule has 6 heteroatoms. The highest BCUT2D eigenvalue weighted by molar-refractivity contribution is 5.91. The molecule has 0 atom stereocenters. The third-order valence-corrected chi connectivity index (χ3v) is 2.33. The lowest BCUT2D eigenvalue weighted by Crippen LogP contribution is -2.02. The first-order valence-corrected chi connectivity index (χ1v) is 4.90. The summed E-state index contributed by atoms with van der Waals surface area (Å²) in [5, 5.41) is 21.6. The van der Waals surface area contributed by atoms with Crippen LogP contribution < -0.4 is 5.73 Å². The number of hydrogen-bond donors (Lipinski definition) is 3. The van der Waals surface area contributed by atoms with Crippen molar-refractivity contribution in [3.05, 3.63) is 41.7 Å². The van der Waals surface area contributed by atoms with Crippen molar-refractivity contribution in [2.45, 2.75) is 6.61 Å². The molecule has 2 rings (SSSR count).